The Morgan fingerprint density at radius 3 is 2.53 bits per heavy atom. The summed E-state index contributed by atoms with van der Waals surface area (Å²) in [5, 5.41) is 2.70. The van der Waals surface area contributed by atoms with Crippen molar-refractivity contribution in [2.45, 2.75) is 19.4 Å². The second-order valence-corrected chi connectivity index (χ2v) is 8.54. The van der Waals surface area contributed by atoms with Gasteiger partial charge in [-0.2, -0.15) is 0 Å². The van der Waals surface area contributed by atoms with Crippen LogP contribution in [-0.4, -0.2) is 48.6 Å². The third-order valence-electron chi connectivity index (χ3n) is 6.00. The minimum absolute atomic E-state index is 0.00923. The molecule has 0 spiro atoms. The van der Waals surface area contributed by atoms with Crippen molar-refractivity contribution in [1.29, 1.82) is 0 Å². The van der Waals surface area contributed by atoms with Gasteiger partial charge in [-0.05, 0) is 55.8 Å². The van der Waals surface area contributed by atoms with Gasteiger partial charge in [-0.25, -0.2) is 4.39 Å². The van der Waals surface area contributed by atoms with Gasteiger partial charge in [-0.1, -0.05) is 12.1 Å². The Morgan fingerprint density at radius 2 is 1.81 bits per heavy atom. The first-order valence-electron chi connectivity index (χ1n) is 10.6. The molecule has 32 heavy (non-hydrogen) atoms. The van der Waals surface area contributed by atoms with Gasteiger partial charge in [-0.3, -0.25) is 9.59 Å². The third-order valence-corrected chi connectivity index (χ3v) is 6.00. The first-order chi connectivity index (χ1) is 15.3. The number of morpholine rings is 1. The molecule has 3 aliphatic rings. The van der Waals surface area contributed by atoms with Gasteiger partial charge in [0.05, 0.1) is 24.5 Å². The van der Waals surface area contributed by atoms with E-state index in [4.69, 9.17) is 9.47 Å². The van der Waals surface area contributed by atoms with E-state index in [1.807, 2.05) is 44.2 Å². The molecule has 2 aromatic carbocycles. The van der Waals surface area contributed by atoms with Crippen LogP contribution in [0.25, 0.3) is 11.1 Å². The predicted octanol–water partition coefficient (Wildman–Crippen LogP) is 3.85. The summed E-state index contributed by atoms with van der Waals surface area (Å²) in [6, 6.07) is 11.6. The summed E-state index contributed by atoms with van der Waals surface area (Å²) in [4.78, 5) is 27.1. The third kappa shape index (κ3) is 3.48. The molecular weight excluding hydrogens is 411 g/mol. The van der Waals surface area contributed by atoms with E-state index in [0.717, 1.165) is 11.1 Å². The summed E-state index contributed by atoms with van der Waals surface area (Å²) >= 11 is 0. The molecule has 0 unspecified atom stereocenters. The van der Waals surface area contributed by atoms with E-state index in [1.165, 1.54) is 12.1 Å². The average molecular weight is 434 g/mol. The molecule has 3 aliphatic heterocycles. The first kappa shape index (κ1) is 20.5. The van der Waals surface area contributed by atoms with Gasteiger partial charge >= 0.3 is 0 Å². The second kappa shape index (κ2) is 7.60. The van der Waals surface area contributed by atoms with Crippen LogP contribution in [0.3, 0.4) is 0 Å². The Kier molecular flexibility index (Phi) is 4.86. The van der Waals surface area contributed by atoms with E-state index < -0.39 is 11.4 Å². The molecule has 3 heterocycles. The first-order valence-corrected chi connectivity index (χ1v) is 10.6. The minimum Gasteiger partial charge on any atom is -0.482 e. The van der Waals surface area contributed by atoms with E-state index in [-0.39, 0.29) is 11.8 Å². The van der Waals surface area contributed by atoms with E-state index >= 15 is 0 Å². The Hall–Kier alpha value is -3.45. The van der Waals surface area contributed by atoms with Crippen molar-refractivity contribution in [3.8, 4) is 0 Å². The Balaban J connectivity index is 1.47. The van der Waals surface area contributed by atoms with Crippen LogP contribution >= 0.6 is 0 Å². The van der Waals surface area contributed by atoms with Crippen LogP contribution in [0.15, 0.2) is 54.3 Å². The fraction of sp³-hybridized carbons (Fsp3) is 0.280. The molecule has 1 saturated heterocycles. The number of hydrogen-bond acceptors (Lipinski definition) is 4. The fourth-order valence-corrected chi connectivity index (χ4v) is 4.35. The average Bonchev–Trinajstić information content (AvgIpc) is 3.28. The molecule has 0 aromatic heterocycles. The Bertz CT molecular complexity index is 1170. The number of carbonyl (C=O) groups is 2. The van der Waals surface area contributed by atoms with Gasteiger partial charge < -0.3 is 19.7 Å². The smallest absolute Gasteiger partial charge is 0.260 e. The Morgan fingerprint density at radius 1 is 1.09 bits per heavy atom. The van der Waals surface area contributed by atoms with Crippen molar-refractivity contribution in [1.82, 2.24) is 4.90 Å². The maximum atomic E-state index is 13.6. The zero-order chi connectivity index (χ0) is 22.5. The standard InChI is InChI=1S/C25H23FN2O4/c1-25(2)19(15-3-5-16(6-4-15)24(30)28-9-11-31-12-10-28)14-21(32-25)22-18-8-7-17(26)13-20(18)27-23(22)29/h3-8,13-14H,9-12H2,1-2H3,(H,27,29). The molecular formula is C25H23FN2O4. The number of fused-ring (bicyclic) bond motifs is 1. The number of ether oxygens (including phenoxy) is 2. The SMILES string of the molecule is CC1(C)OC(=C2C(=O)Nc3cc(F)ccc32)C=C1c1ccc(C(=O)N2CCOCC2)cc1. The van der Waals surface area contributed by atoms with Crippen molar-refractivity contribution in [3.63, 3.8) is 0 Å². The number of nitrogens with zero attached hydrogens (tertiary/aromatic N) is 1. The van der Waals surface area contributed by atoms with Crippen LogP contribution in [0, 0.1) is 5.82 Å². The highest BCUT2D eigenvalue weighted by Gasteiger charge is 2.38. The van der Waals surface area contributed by atoms with Crippen LogP contribution in [-0.2, 0) is 14.3 Å². The van der Waals surface area contributed by atoms with Gasteiger partial charge in [0, 0.05) is 29.8 Å². The van der Waals surface area contributed by atoms with Gasteiger partial charge in [-0.15, -0.1) is 0 Å². The quantitative estimate of drug-likeness (QED) is 0.729. The summed E-state index contributed by atoms with van der Waals surface area (Å²) in [5.41, 5.74) is 3.19. The molecule has 6 nitrogen and oxygen atoms in total. The highest BCUT2D eigenvalue weighted by Crippen LogP contribution is 2.44. The van der Waals surface area contributed by atoms with Crippen molar-refractivity contribution in [3.05, 3.63) is 76.8 Å². The van der Waals surface area contributed by atoms with Crippen molar-refractivity contribution < 1.29 is 23.5 Å². The van der Waals surface area contributed by atoms with Crippen LogP contribution in [0.2, 0.25) is 0 Å². The number of amides is 2. The largest absolute Gasteiger partial charge is 0.482 e. The number of benzene rings is 2. The molecule has 1 fully saturated rings. The molecule has 0 bridgehead atoms. The zero-order valence-electron chi connectivity index (χ0n) is 17.9. The van der Waals surface area contributed by atoms with E-state index in [2.05, 4.69) is 5.32 Å². The summed E-state index contributed by atoms with van der Waals surface area (Å²) < 4.78 is 25.1. The van der Waals surface area contributed by atoms with Crippen molar-refractivity contribution in [2.75, 3.05) is 31.6 Å². The molecule has 0 radical (unpaired) electrons. The monoisotopic (exact) mass is 434 g/mol. The summed E-state index contributed by atoms with van der Waals surface area (Å²) in [7, 11) is 0. The molecule has 0 atom stereocenters. The molecule has 0 aliphatic carbocycles. The molecule has 5 rings (SSSR count). The number of anilines is 1. The van der Waals surface area contributed by atoms with Gasteiger partial charge in [0.15, 0.2) is 0 Å². The fourth-order valence-electron chi connectivity index (χ4n) is 4.35. The normalized spacial score (nSPS) is 21.7. The zero-order valence-corrected chi connectivity index (χ0v) is 17.9. The lowest BCUT2D eigenvalue weighted by molar-refractivity contribution is -0.111. The summed E-state index contributed by atoms with van der Waals surface area (Å²) in [5.74, 6) is -0.294. The maximum absolute atomic E-state index is 13.6. The lowest BCUT2D eigenvalue weighted by Gasteiger charge is -2.27. The van der Waals surface area contributed by atoms with Crippen molar-refractivity contribution >= 4 is 28.6 Å². The van der Waals surface area contributed by atoms with Gasteiger partial charge in [0.2, 0.25) is 0 Å². The molecule has 1 N–H and O–H groups in total. The van der Waals surface area contributed by atoms with Crippen LogP contribution in [0.1, 0.15) is 35.3 Å². The van der Waals surface area contributed by atoms with E-state index in [0.29, 0.717) is 54.4 Å². The molecule has 2 amide bonds. The molecule has 0 saturated carbocycles. The number of rotatable bonds is 2. The lowest BCUT2D eigenvalue weighted by Crippen LogP contribution is -2.40. The molecule has 7 heteroatoms. The molecule has 164 valence electrons. The van der Waals surface area contributed by atoms with Crippen molar-refractivity contribution in [2.24, 2.45) is 0 Å². The van der Waals surface area contributed by atoms with Crippen LogP contribution in [0.5, 0.6) is 0 Å². The highest BCUT2D eigenvalue weighted by atomic mass is 19.1. The summed E-state index contributed by atoms with van der Waals surface area (Å²) in [6.45, 7) is 6.16. The van der Waals surface area contributed by atoms with Gasteiger partial charge in [0.25, 0.3) is 11.8 Å². The highest BCUT2D eigenvalue weighted by molar-refractivity contribution is 6.32. The van der Waals surface area contributed by atoms with Crippen LogP contribution in [0.4, 0.5) is 10.1 Å². The summed E-state index contributed by atoms with van der Waals surface area (Å²) in [6.07, 6.45) is 1.85. The maximum Gasteiger partial charge on any atom is 0.260 e. The molecule has 2 aromatic rings. The number of halogens is 1. The van der Waals surface area contributed by atoms with Gasteiger partial charge in [0.1, 0.15) is 17.2 Å². The van der Waals surface area contributed by atoms with E-state index in [9.17, 15) is 14.0 Å². The topological polar surface area (TPSA) is 67.9 Å². The van der Waals surface area contributed by atoms with Crippen LogP contribution < -0.4 is 5.32 Å². The second-order valence-electron chi connectivity index (χ2n) is 8.54. The predicted molar refractivity (Wildman–Crippen MR) is 118 cm³/mol. The number of hydrogen-bond donors (Lipinski definition) is 1. The van der Waals surface area contributed by atoms with E-state index in [1.54, 1.807) is 11.0 Å². The lowest BCUT2D eigenvalue weighted by atomic mass is 9.91. The number of nitrogens with one attached hydrogen (secondary N) is 1. The Labute approximate surface area is 185 Å². The minimum atomic E-state index is -0.679. The number of carbonyl (C=O) groups excluding carboxylic acids is 2. The number of allylic oxidation sites excluding steroid dienone is 1.